The van der Waals surface area contributed by atoms with Crippen LogP contribution in [-0.4, -0.2) is 41.7 Å². The van der Waals surface area contributed by atoms with Crippen LogP contribution in [0.1, 0.15) is 60.8 Å². The minimum Gasteiger partial charge on any atom is -0.348 e. The monoisotopic (exact) mass is 468 g/mol. The van der Waals surface area contributed by atoms with Crippen molar-refractivity contribution in [2.24, 2.45) is 0 Å². The number of aromatic nitrogens is 6. The Hall–Kier alpha value is -4.14. The van der Waals surface area contributed by atoms with Gasteiger partial charge in [0, 0.05) is 41.7 Å². The quantitative estimate of drug-likeness (QED) is 0.456. The van der Waals surface area contributed by atoms with Crippen molar-refractivity contribution in [2.45, 2.75) is 52.7 Å². The number of rotatable bonds is 6. The Morgan fingerprint density at radius 3 is 2.66 bits per heavy atom. The van der Waals surface area contributed by atoms with Crippen LogP contribution >= 0.6 is 0 Å². The molecule has 0 fully saturated rings. The van der Waals surface area contributed by atoms with Gasteiger partial charge in [0.1, 0.15) is 11.5 Å². The van der Waals surface area contributed by atoms with E-state index in [9.17, 15) is 4.79 Å². The van der Waals surface area contributed by atoms with E-state index in [4.69, 9.17) is 9.97 Å². The van der Waals surface area contributed by atoms with E-state index in [1.807, 2.05) is 37.4 Å². The number of carbonyl (C=O) groups excluding carboxylic acids is 1. The maximum atomic E-state index is 12.6. The summed E-state index contributed by atoms with van der Waals surface area (Å²) >= 11 is 0. The summed E-state index contributed by atoms with van der Waals surface area (Å²) in [5.41, 5.74) is 3.16. The molecular formula is C26H28N8O. The van der Waals surface area contributed by atoms with Crippen LogP contribution in [0, 0.1) is 6.92 Å². The third-order valence-electron chi connectivity index (χ3n) is 6.28. The van der Waals surface area contributed by atoms with Crippen molar-refractivity contribution >= 4 is 11.7 Å². The van der Waals surface area contributed by atoms with Crippen molar-refractivity contribution in [3.63, 3.8) is 0 Å². The molecule has 4 aromatic rings. The Labute approximate surface area is 204 Å². The molecule has 0 aliphatic carbocycles. The highest BCUT2D eigenvalue weighted by Crippen LogP contribution is 2.40. The number of nitrogens with one attached hydrogen (secondary N) is 1. The molecule has 1 aliphatic rings. The van der Waals surface area contributed by atoms with Gasteiger partial charge < -0.3 is 10.2 Å². The van der Waals surface area contributed by atoms with Crippen molar-refractivity contribution in [1.29, 1.82) is 0 Å². The molecule has 1 aromatic carbocycles. The first-order valence-electron chi connectivity index (χ1n) is 11.8. The molecular weight excluding hydrogens is 440 g/mol. The third kappa shape index (κ3) is 4.03. The Kier molecular flexibility index (Phi) is 5.98. The van der Waals surface area contributed by atoms with Crippen LogP contribution in [0.15, 0.2) is 55.0 Å². The van der Waals surface area contributed by atoms with E-state index in [2.05, 4.69) is 50.7 Å². The topological polar surface area (TPSA) is 102 Å². The minimum absolute atomic E-state index is 0.0634. The summed E-state index contributed by atoms with van der Waals surface area (Å²) in [6.07, 6.45) is 6.19. The summed E-state index contributed by atoms with van der Waals surface area (Å²) in [5.74, 6) is 3.02. The number of hydrogen-bond acceptors (Lipinski definition) is 7. The van der Waals surface area contributed by atoms with Gasteiger partial charge in [-0.25, -0.2) is 9.97 Å². The number of carbonyl (C=O) groups is 1. The molecule has 0 saturated heterocycles. The van der Waals surface area contributed by atoms with Gasteiger partial charge in [-0.3, -0.25) is 14.3 Å². The zero-order valence-electron chi connectivity index (χ0n) is 20.3. The van der Waals surface area contributed by atoms with Crippen molar-refractivity contribution in [3.05, 3.63) is 77.8 Å². The Bertz CT molecular complexity index is 1370. The molecule has 178 valence electrons. The summed E-state index contributed by atoms with van der Waals surface area (Å²) < 4.78 is 2.06. The second-order valence-corrected chi connectivity index (χ2v) is 8.85. The van der Waals surface area contributed by atoms with Gasteiger partial charge in [0.2, 0.25) is 0 Å². The predicted molar refractivity (Wildman–Crippen MR) is 133 cm³/mol. The smallest absolute Gasteiger partial charge is 0.251 e. The van der Waals surface area contributed by atoms with E-state index in [1.54, 1.807) is 24.5 Å². The molecule has 3 aromatic heterocycles. The standard InChI is InChI=1S/C26H28N8O/c1-5-21-25-32-31-17(4)34(25)22-15-28-23(30-24(22)33(21)16(2)3)20-11-12-27-13-19(20)14-29-26(35)18-9-7-6-8-10-18/h6-13,15-16,21H,5,14H2,1-4H3,(H,29,35)/t21-/m1/s1. The molecule has 1 aliphatic heterocycles. The van der Waals surface area contributed by atoms with E-state index < -0.39 is 0 Å². The molecule has 1 N–H and O–H groups in total. The van der Waals surface area contributed by atoms with E-state index in [0.717, 1.165) is 40.7 Å². The summed E-state index contributed by atoms with van der Waals surface area (Å²) in [4.78, 5) is 28.9. The normalized spacial score (nSPS) is 14.5. The number of hydrogen-bond donors (Lipinski definition) is 1. The maximum Gasteiger partial charge on any atom is 0.251 e. The van der Waals surface area contributed by atoms with Crippen LogP contribution < -0.4 is 10.2 Å². The molecule has 1 atom stereocenters. The maximum absolute atomic E-state index is 12.6. The van der Waals surface area contributed by atoms with Crippen molar-refractivity contribution < 1.29 is 4.79 Å². The second-order valence-electron chi connectivity index (χ2n) is 8.85. The van der Waals surface area contributed by atoms with E-state index >= 15 is 0 Å². The molecule has 0 unspecified atom stereocenters. The van der Waals surface area contributed by atoms with E-state index in [1.165, 1.54) is 0 Å². The van der Waals surface area contributed by atoms with Crippen molar-refractivity contribution in [3.8, 4) is 17.1 Å². The molecule has 9 nitrogen and oxygen atoms in total. The first kappa shape index (κ1) is 22.6. The first-order valence-corrected chi connectivity index (χ1v) is 11.8. The molecule has 5 rings (SSSR count). The number of pyridine rings is 1. The molecule has 35 heavy (non-hydrogen) atoms. The average Bonchev–Trinajstić information content (AvgIpc) is 3.28. The van der Waals surface area contributed by atoms with Crippen molar-refractivity contribution in [1.82, 2.24) is 35.0 Å². The van der Waals surface area contributed by atoms with Crippen LogP contribution in [-0.2, 0) is 6.54 Å². The number of amides is 1. The highest BCUT2D eigenvalue weighted by Gasteiger charge is 2.36. The summed E-state index contributed by atoms with van der Waals surface area (Å²) in [5, 5.41) is 11.8. The van der Waals surface area contributed by atoms with Gasteiger partial charge in [-0.15, -0.1) is 10.2 Å². The fraction of sp³-hybridized carbons (Fsp3) is 0.308. The summed E-state index contributed by atoms with van der Waals surface area (Å²) in [6.45, 7) is 8.73. The summed E-state index contributed by atoms with van der Waals surface area (Å²) in [6, 6.07) is 11.3. The van der Waals surface area contributed by atoms with Crippen LogP contribution in [0.2, 0.25) is 0 Å². The number of benzene rings is 1. The molecule has 0 radical (unpaired) electrons. The van der Waals surface area contributed by atoms with Gasteiger partial charge >= 0.3 is 0 Å². The lowest BCUT2D eigenvalue weighted by Gasteiger charge is -2.39. The Balaban J connectivity index is 1.53. The van der Waals surface area contributed by atoms with Gasteiger partial charge in [-0.05, 0) is 45.4 Å². The SMILES string of the molecule is CC[C@@H]1c2nnc(C)n2-c2cnc(-c3ccncc3CNC(=O)c3ccccc3)nc2N1C(C)C. The fourth-order valence-electron chi connectivity index (χ4n) is 4.65. The van der Waals surface area contributed by atoms with Crippen molar-refractivity contribution in [2.75, 3.05) is 4.90 Å². The zero-order valence-corrected chi connectivity index (χ0v) is 20.3. The van der Waals surface area contributed by atoms with E-state index in [0.29, 0.717) is 17.9 Å². The lowest BCUT2D eigenvalue weighted by molar-refractivity contribution is 0.0951. The average molecular weight is 469 g/mol. The van der Waals surface area contributed by atoms with Gasteiger partial charge in [0.05, 0.1) is 12.2 Å². The molecule has 4 heterocycles. The molecule has 0 spiro atoms. The Morgan fingerprint density at radius 2 is 1.91 bits per heavy atom. The first-order chi connectivity index (χ1) is 17.0. The molecule has 9 heteroatoms. The van der Waals surface area contributed by atoms with Crippen LogP contribution in [0.4, 0.5) is 5.82 Å². The highest BCUT2D eigenvalue weighted by atomic mass is 16.1. The minimum atomic E-state index is -0.140. The molecule has 0 saturated carbocycles. The predicted octanol–water partition coefficient (Wildman–Crippen LogP) is 4.04. The molecule has 0 bridgehead atoms. The zero-order chi connectivity index (χ0) is 24.5. The van der Waals surface area contributed by atoms with Crippen LogP contribution in [0.25, 0.3) is 17.1 Å². The lowest BCUT2D eigenvalue weighted by atomic mass is 10.1. The fourth-order valence-corrected chi connectivity index (χ4v) is 4.65. The molecule has 1 amide bonds. The van der Waals surface area contributed by atoms with Gasteiger partial charge in [0.15, 0.2) is 17.5 Å². The Morgan fingerprint density at radius 1 is 1.11 bits per heavy atom. The number of anilines is 1. The van der Waals surface area contributed by atoms with Crippen LogP contribution in [0.5, 0.6) is 0 Å². The number of fused-ring (bicyclic) bond motifs is 3. The summed E-state index contributed by atoms with van der Waals surface area (Å²) in [7, 11) is 0. The largest absolute Gasteiger partial charge is 0.348 e. The second kappa shape index (κ2) is 9.25. The van der Waals surface area contributed by atoms with Gasteiger partial charge in [-0.1, -0.05) is 25.1 Å². The van der Waals surface area contributed by atoms with E-state index in [-0.39, 0.29) is 18.0 Å². The van der Waals surface area contributed by atoms with Gasteiger partial charge in [0.25, 0.3) is 5.91 Å². The van der Waals surface area contributed by atoms with Crippen LogP contribution in [0.3, 0.4) is 0 Å². The number of aryl methyl sites for hydroxylation is 1. The lowest BCUT2D eigenvalue weighted by Crippen LogP contribution is -2.40. The third-order valence-corrected chi connectivity index (χ3v) is 6.28. The van der Waals surface area contributed by atoms with Gasteiger partial charge in [-0.2, -0.15) is 0 Å². The highest BCUT2D eigenvalue weighted by molar-refractivity contribution is 5.94. The number of nitrogens with zero attached hydrogens (tertiary/aromatic N) is 7.